The summed E-state index contributed by atoms with van der Waals surface area (Å²) in [7, 11) is 0. The maximum Gasteiger partial charge on any atom is 0.263 e. The summed E-state index contributed by atoms with van der Waals surface area (Å²) in [4.78, 5) is 19.3. The van der Waals surface area contributed by atoms with E-state index in [0.717, 1.165) is 23.8 Å². The first-order valence-corrected chi connectivity index (χ1v) is 11.4. The number of ether oxygens (including phenoxy) is 1. The predicted molar refractivity (Wildman–Crippen MR) is 125 cm³/mol. The molecule has 1 aliphatic heterocycles. The van der Waals surface area contributed by atoms with Gasteiger partial charge in [-0.25, -0.2) is 4.39 Å². The maximum absolute atomic E-state index is 13.5. The van der Waals surface area contributed by atoms with Gasteiger partial charge < -0.3 is 9.64 Å². The van der Waals surface area contributed by atoms with E-state index < -0.39 is 11.9 Å². The van der Waals surface area contributed by atoms with Crippen molar-refractivity contribution in [2.24, 2.45) is 0 Å². The van der Waals surface area contributed by atoms with Gasteiger partial charge in [0.2, 0.25) is 0 Å². The van der Waals surface area contributed by atoms with Crippen LogP contribution in [0, 0.1) is 5.82 Å². The van der Waals surface area contributed by atoms with Gasteiger partial charge in [0.25, 0.3) is 5.91 Å². The van der Waals surface area contributed by atoms with Crippen LogP contribution in [0.3, 0.4) is 0 Å². The molecule has 0 aliphatic carbocycles. The van der Waals surface area contributed by atoms with Crippen molar-refractivity contribution in [2.45, 2.75) is 31.8 Å². The number of benzene rings is 2. The van der Waals surface area contributed by atoms with Crippen molar-refractivity contribution in [3.63, 3.8) is 0 Å². The number of pyridine rings is 1. The van der Waals surface area contributed by atoms with Crippen LogP contribution in [0.1, 0.15) is 31.5 Å². The van der Waals surface area contributed by atoms with E-state index in [-0.39, 0.29) is 11.8 Å². The molecule has 0 saturated carbocycles. The number of likely N-dealkylation sites (tertiary alicyclic amines) is 1. The molecule has 2 aromatic carbocycles. The number of tetrazole rings is 1. The van der Waals surface area contributed by atoms with Crippen molar-refractivity contribution in [3.8, 4) is 16.9 Å². The number of hydrogen-bond acceptors (Lipinski definition) is 6. The molecule has 1 saturated heterocycles. The lowest BCUT2D eigenvalue weighted by Crippen LogP contribution is -2.45. The van der Waals surface area contributed by atoms with E-state index in [4.69, 9.17) is 16.3 Å². The van der Waals surface area contributed by atoms with Gasteiger partial charge in [-0.1, -0.05) is 16.8 Å². The minimum Gasteiger partial charge on any atom is -0.481 e. The van der Waals surface area contributed by atoms with Crippen LogP contribution >= 0.6 is 11.6 Å². The average molecular weight is 481 g/mol. The topological polar surface area (TPSA) is 96.9 Å². The van der Waals surface area contributed by atoms with Crippen molar-refractivity contribution in [3.05, 3.63) is 65.3 Å². The molecule has 1 N–H and O–H groups in total. The Balaban J connectivity index is 1.33. The van der Waals surface area contributed by atoms with Crippen molar-refractivity contribution in [1.29, 1.82) is 0 Å². The van der Waals surface area contributed by atoms with Crippen LogP contribution in [-0.4, -0.2) is 55.6 Å². The molecule has 1 fully saturated rings. The number of H-pyrrole nitrogens is 1. The van der Waals surface area contributed by atoms with Gasteiger partial charge in [0.1, 0.15) is 11.6 Å². The molecule has 1 aliphatic rings. The number of amides is 1. The second-order valence-corrected chi connectivity index (χ2v) is 8.72. The molecule has 0 bridgehead atoms. The van der Waals surface area contributed by atoms with Gasteiger partial charge in [-0.2, -0.15) is 5.21 Å². The molecular weight excluding hydrogens is 459 g/mol. The van der Waals surface area contributed by atoms with Crippen LogP contribution < -0.4 is 4.74 Å². The third-order valence-electron chi connectivity index (χ3n) is 6.06. The number of hydrogen-bond donors (Lipinski definition) is 1. The van der Waals surface area contributed by atoms with Gasteiger partial charge in [0.15, 0.2) is 11.9 Å². The highest BCUT2D eigenvalue weighted by atomic mass is 35.5. The number of halogens is 2. The van der Waals surface area contributed by atoms with Gasteiger partial charge >= 0.3 is 0 Å². The summed E-state index contributed by atoms with van der Waals surface area (Å²) < 4.78 is 19.5. The zero-order valence-electron chi connectivity index (χ0n) is 18.4. The number of fused-ring (bicyclic) bond motifs is 1. The summed E-state index contributed by atoms with van der Waals surface area (Å²) in [6.45, 7) is 2.95. The van der Waals surface area contributed by atoms with E-state index in [9.17, 15) is 9.18 Å². The summed E-state index contributed by atoms with van der Waals surface area (Å²) in [5.41, 5.74) is 2.24. The maximum atomic E-state index is 13.5. The Morgan fingerprint density at radius 1 is 1.24 bits per heavy atom. The van der Waals surface area contributed by atoms with Crippen LogP contribution in [0.4, 0.5) is 4.39 Å². The molecule has 0 radical (unpaired) electrons. The molecule has 1 amide bonds. The van der Waals surface area contributed by atoms with E-state index in [1.807, 2.05) is 12.1 Å². The molecule has 2 unspecified atom stereocenters. The Bertz CT molecular complexity index is 1330. The summed E-state index contributed by atoms with van der Waals surface area (Å²) in [6, 6.07) is 11.6. The van der Waals surface area contributed by atoms with E-state index >= 15 is 0 Å². The standard InChI is InChI=1S/C24H22ClFN6O2/c1-14(24(33)32-10-2-3-15(13-32)23-28-30-31-29-23)34-17-5-7-20-18(8-9-27-22(20)12-17)19-6-4-16(26)11-21(19)25/h4-9,11-12,14-15H,2-3,10,13H2,1H3,(H,28,29,30,31). The molecule has 4 aromatic rings. The third-order valence-corrected chi connectivity index (χ3v) is 6.37. The predicted octanol–water partition coefficient (Wildman–Crippen LogP) is 4.38. The number of rotatable bonds is 5. The minimum atomic E-state index is -0.670. The smallest absolute Gasteiger partial charge is 0.263 e. The monoisotopic (exact) mass is 480 g/mol. The quantitative estimate of drug-likeness (QED) is 0.455. The number of nitrogens with one attached hydrogen (secondary N) is 1. The fraction of sp³-hybridized carbons (Fsp3) is 0.292. The number of aromatic nitrogens is 5. The molecule has 34 heavy (non-hydrogen) atoms. The number of piperidine rings is 1. The first-order chi connectivity index (χ1) is 16.5. The second kappa shape index (κ2) is 9.34. The minimum absolute atomic E-state index is 0.0604. The van der Waals surface area contributed by atoms with Crippen LogP contribution in [0.25, 0.3) is 22.0 Å². The number of aromatic amines is 1. The molecule has 5 rings (SSSR count). The Kier molecular flexibility index (Phi) is 6.10. The first-order valence-electron chi connectivity index (χ1n) is 11.0. The number of nitrogens with zero attached hydrogens (tertiary/aromatic N) is 5. The molecule has 10 heteroatoms. The lowest BCUT2D eigenvalue weighted by atomic mass is 9.97. The van der Waals surface area contributed by atoms with Gasteiger partial charge in [0.05, 0.1) is 10.5 Å². The van der Waals surface area contributed by atoms with Crippen LogP contribution in [0.2, 0.25) is 5.02 Å². The van der Waals surface area contributed by atoms with Crippen LogP contribution in [0.5, 0.6) is 5.75 Å². The molecule has 2 atom stereocenters. The lowest BCUT2D eigenvalue weighted by molar-refractivity contribution is -0.139. The molecule has 3 heterocycles. The van der Waals surface area contributed by atoms with Crippen molar-refractivity contribution in [1.82, 2.24) is 30.5 Å². The van der Waals surface area contributed by atoms with Gasteiger partial charge in [-0.05, 0) is 61.7 Å². The molecule has 174 valence electrons. The largest absolute Gasteiger partial charge is 0.481 e. The fourth-order valence-corrected chi connectivity index (χ4v) is 4.66. The van der Waals surface area contributed by atoms with E-state index in [0.29, 0.717) is 40.8 Å². The van der Waals surface area contributed by atoms with E-state index in [1.165, 1.54) is 12.1 Å². The molecule has 2 aromatic heterocycles. The van der Waals surface area contributed by atoms with Gasteiger partial charge in [0, 0.05) is 42.2 Å². The summed E-state index contributed by atoms with van der Waals surface area (Å²) in [6.07, 6.45) is 2.78. The summed E-state index contributed by atoms with van der Waals surface area (Å²) in [5, 5.41) is 15.4. The molecule has 8 nitrogen and oxygen atoms in total. The second-order valence-electron chi connectivity index (χ2n) is 8.32. The van der Waals surface area contributed by atoms with Crippen LogP contribution in [0.15, 0.2) is 48.7 Å². The zero-order chi connectivity index (χ0) is 23.7. The van der Waals surface area contributed by atoms with E-state index in [1.54, 1.807) is 36.2 Å². The highest BCUT2D eigenvalue weighted by molar-refractivity contribution is 6.33. The SMILES string of the molecule is CC(Oc1ccc2c(-c3ccc(F)cc3Cl)ccnc2c1)C(=O)N1CCCC(c2nn[nH]n2)C1. The fourth-order valence-electron chi connectivity index (χ4n) is 4.39. The van der Waals surface area contributed by atoms with Crippen molar-refractivity contribution in [2.75, 3.05) is 13.1 Å². The molecule has 0 spiro atoms. The average Bonchev–Trinajstić information content (AvgIpc) is 3.38. The first kappa shape index (κ1) is 22.2. The Labute approximate surface area is 200 Å². The highest BCUT2D eigenvalue weighted by Gasteiger charge is 2.30. The Morgan fingerprint density at radius 3 is 2.91 bits per heavy atom. The van der Waals surface area contributed by atoms with Gasteiger partial charge in [-0.3, -0.25) is 9.78 Å². The molecular formula is C24H22ClFN6O2. The lowest BCUT2D eigenvalue weighted by Gasteiger charge is -2.33. The Hall–Kier alpha value is -3.59. The zero-order valence-corrected chi connectivity index (χ0v) is 19.2. The highest BCUT2D eigenvalue weighted by Crippen LogP contribution is 2.34. The Morgan fingerprint density at radius 2 is 2.12 bits per heavy atom. The van der Waals surface area contributed by atoms with Crippen LogP contribution in [-0.2, 0) is 4.79 Å². The summed E-state index contributed by atoms with van der Waals surface area (Å²) in [5.74, 6) is 0.746. The van der Waals surface area contributed by atoms with Gasteiger partial charge in [-0.15, -0.1) is 10.2 Å². The third kappa shape index (κ3) is 4.43. The number of carbonyl (C=O) groups excluding carboxylic acids is 1. The summed E-state index contributed by atoms with van der Waals surface area (Å²) >= 11 is 6.28. The normalized spacial score (nSPS) is 17.0. The number of carbonyl (C=O) groups is 1. The van der Waals surface area contributed by atoms with E-state index in [2.05, 4.69) is 25.6 Å². The van der Waals surface area contributed by atoms with Crippen molar-refractivity contribution < 1.29 is 13.9 Å². The van der Waals surface area contributed by atoms with Crippen molar-refractivity contribution >= 4 is 28.4 Å².